The van der Waals surface area contributed by atoms with Crippen LogP contribution in [0, 0.1) is 13.8 Å². The van der Waals surface area contributed by atoms with Gasteiger partial charge in [0, 0.05) is 11.8 Å². The average Bonchev–Trinajstić information content (AvgIpc) is 2.41. The standard InChI is InChI=1S/C15H16N2O3/c1-9-8-11(16)4-6-13(9)20-14-7-5-12(10(2)17-14)15(18)19-3/h4-8H,16H2,1-3H3. The third-order valence-corrected chi connectivity index (χ3v) is 2.88. The van der Waals surface area contributed by atoms with E-state index in [9.17, 15) is 4.79 Å². The number of nitrogen functional groups attached to an aromatic ring is 1. The van der Waals surface area contributed by atoms with Crippen molar-refractivity contribution in [1.29, 1.82) is 0 Å². The Hall–Kier alpha value is -2.56. The molecule has 0 saturated heterocycles. The van der Waals surface area contributed by atoms with Crippen LogP contribution in [0.3, 0.4) is 0 Å². The van der Waals surface area contributed by atoms with Crippen LogP contribution >= 0.6 is 0 Å². The van der Waals surface area contributed by atoms with Crippen LogP contribution in [0.15, 0.2) is 30.3 Å². The van der Waals surface area contributed by atoms with Crippen molar-refractivity contribution in [2.75, 3.05) is 12.8 Å². The molecule has 104 valence electrons. The van der Waals surface area contributed by atoms with E-state index in [1.165, 1.54) is 7.11 Å². The smallest absolute Gasteiger partial charge is 0.339 e. The molecule has 0 amide bonds. The fourth-order valence-electron chi connectivity index (χ4n) is 1.82. The SMILES string of the molecule is COC(=O)c1ccc(Oc2ccc(N)cc2C)nc1C. The quantitative estimate of drug-likeness (QED) is 0.687. The molecule has 5 nitrogen and oxygen atoms in total. The molecule has 0 fully saturated rings. The summed E-state index contributed by atoms with van der Waals surface area (Å²) >= 11 is 0. The van der Waals surface area contributed by atoms with Crippen molar-refractivity contribution in [3.8, 4) is 11.6 Å². The highest BCUT2D eigenvalue weighted by Crippen LogP contribution is 2.26. The van der Waals surface area contributed by atoms with Crippen LogP contribution in [0.2, 0.25) is 0 Å². The number of aromatic nitrogens is 1. The Balaban J connectivity index is 2.26. The normalized spacial score (nSPS) is 10.2. The topological polar surface area (TPSA) is 74.4 Å². The molecule has 0 aliphatic carbocycles. The number of nitrogens with zero attached hydrogens (tertiary/aromatic N) is 1. The number of hydrogen-bond donors (Lipinski definition) is 1. The van der Waals surface area contributed by atoms with E-state index >= 15 is 0 Å². The zero-order valence-corrected chi connectivity index (χ0v) is 11.6. The van der Waals surface area contributed by atoms with E-state index in [0.29, 0.717) is 28.6 Å². The summed E-state index contributed by atoms with van der Waals surface area (Å²) in [7, 11) is 1.34. The van der Waals surface area contributed by atoms with Crippen LogP contribution in [0.1, 0.15) is 21.6 Å². The van der Waals surface area contributed by atoms with Crippen molar-refractivity contribution in [2.45, 2.75) is 13.8 Å². The van der Waals surface area contributed by atoms with E-state index in [2.05, 4.69) is 9.72 Å². The molecule has 0 bridgehead atoms. The number of carbonyl (C=O) groups excluding carboxylic acids is 1. The number of ether oxygens (including phenoxy) is 2. The van der Waals surface area contributed by atoms with Crippen molar-refractivity contribution in [3.05, 3.63) is 47.2 Å². The van der Waals surface area contributed by atoms with Crippen molar-refractivity contribution in [1.82, 2.24) is 4.98 Å². The molecule has 20 heavy (non-hydrogen) atoms. The predicted octanol–water partition coefficient (Wildman–Crippen LogP) is 2.86. The number of benzene rings is 1. The summed E-state index contributed by atoms with van der Waals surface area (Å²) < 4.78 is 10.4. The highest BCUT2D eigenvalue weighted by molar-refractivity contribution is 5.90. The van der Waals surface area contributed by atoms with Gasteiger partial charge in [0.15, 0.2) is 0 Å². The Morgan fingerprint density at radius 2 is 1.95 bits per heavy atom. The lowest BCUT2D eigenvalue weighted by atomic mass is 10.2. The molecule has 1 aromatic carbocycles. The summed E-state index contributed by atoms with van der Waals surface area (Å²) in [5.41, 5.74) is 8.27. The summed E-state index contributed by atoms with van der Waals surface area (Å²) in [6.45, 7) is 3.64. The Morgan fingerprint density at radius 1 is 1.20 bits per heavy atom. The Morgan fingerprint density at radius 3 is 2.55 bits per heavy atom. The summed E-state index contributed by atoms with van der Waals surface area (Å²) in [4.78, 5) is 15.7. The number of nitrogens with two attached hydrogens (primary N) is 1. The number of methoxy groups -OCH3 is 1. The Labute approximate surface area is 117 Å². The fourth-order valence-corrected chi connectivity index (χ4v) is 1.82. The monoisotopic (exact) mass is 272 g/mol. The molecule has 0 spiro atoms. The maximum Gasteiger partial charge on any atom is 0.339 e. The first-order chi connectivity index (χ1) is 9.51. The van der Waals surface area contributed by atoms with Gasteiger partial charge in [-0.05, 0) is 43.7 Å². The second-order valence-electron chi connectivity index (χ2n) is 4.40. The number of pyridine rings is 1. The summed E-state index contributed by atoms with van der Waals surface area (Å²) in [6.07, 6.45) is 0. The molecule has 0 aliphatic rings. The number of carbonyl (C=O) groups is 1. The van der Waals surface area contributed by atoms with Crippen LogP contribution < -0.4 is 10.5 Å². The highest BCUT2D eigenvalue weighted by atomic mass is 16.5. The molecule has 0 atom stereocenters. The minimum atomic E-state index is -0.412. The molecule has 5 heteroatoms. The molecule has 1 heterocycles. The first kappa shape index (κ1) is 13.9. The van der Waals surface area contributed by atoms with Gasteiger partial charge in [-0.2, -0.15) is 0 Å². The minimum absolute atomic E-state index is 0.412. The van der Waals surface area contributed by atoms with Gasteiger partial charge >= 0.3 is 5.97 Å². The van der Waals surface area contributed by atoms with Crippen molar-refractivity contribution in [2.24, 2.45) is 0 Å². The summed E-state index contributed by atoms with van der Waals surface area (Å²) in [6, 6.07) is 8.64. The molecule has 2 rings (SSSR count). The van der Waals surface area contributed by atoms with Crippen LogP contribution in [-0.2, 0) is 4.74 Å². The van der Waals surface area contributed by atoms with E-state index in [1.807, 2.05) is 13.0 Å². The average molecular weight is 272 g/mol. The van der Waals surface area contributed by atoms with E-state index in [4.69, 9.17) is 10.5 Å². The predicted molar refractivity (Wildman–Crippen MR) is 76.0 cm³/mol. The number of hydrogen-bond acceptors (Lipinski definition) is 5. The molecular formula is C15H16N2O3. The van der Waals surface area contributed by atoms with Crippen LogP contribution in [0.5, 0.6) is 11.6 Å². The Kier molecular flexibility index (Phi) is 3.89. The van der Waals surface area contributed by atoms with Gasteiger partial charge in [-0.25, -0.2) is 9.78 Å². The molecule has 2 aromatic rings. The van der Waals surface area contributed by atoms with E-state index in [-0.39, 0.29) is 0 Å². The summed E-state index contributed by atoms with van der Waals surface area (Å²) in [5.74, 6) is 0.685. The number of anilines is 1. The molecule has 1 aromatic heterocycles. The van der Waals surface area contributed by atoms with Gasteiger partial charge in [0.1, 0.15) is 5.75 Å². The number of rotatable bonds is 3. The van der Waals surface area contributed by atoms with E-state index < -0.39 is 5.97 Å². The van der Waals surface area contributed by atoms with Crippen LogP contribution in [0.4, 0.5) is 5.69 Å². The minimum Gasteiger partial charge on any atom is -0.465 e. The summed E-state index contributed by atoms with van der Waals surface area (Å²) in [5, 5.41) is 0. The lowest BCUT2D eigenvalue weighted by Crippen LogP contribution is -2.05. The van der Waals surface area contributed by atoms with Crippen molar-refractivity contribution in [3.63, 3.8) is 0 Å². The van der Waals surface area contributed by atoms with Crippen LogP contribution in [-0.4, -0.2) is 18.1 Å². The molecule has 0 aliphatic heterocycles. The molecule has 0 saturated carbocycles. The third-order valence-electron chi connectivity index (χ3n) is 2.88. The van der Waals surface area contributed by atoms with Gasteiger partial charge in [-0.1, -0.05) is 0 Å². The van der Waals surface area contributed by atoms with Gasteiger partial charge in [0.2, 0.25) is 5.88 Å². The molecule has 0 radical (unpaired) electrons. The number of aryl methyl sites for hydroxylation is 2. The zero-order valence-electron chi connectivity index (χ0n) is 11.6. The number of esters is 1. The maximum absolute atomic E-state index is 11.5. The molecular weight excluding hydrogens is 256 g/mol. The lowest BCUT2D eigenvalue weighted by Gasteiger charge is -2.10. The largest absolute Gasteiger partial charge is 0.465 e. The van der Waals surface area contributed by atoms with Gasteiger partial charge < -0.3 is 15.2 Å². The van der Waals surface area contributed by atoms with Gasteiger partial charge in [-0.15, -0.1) is 0 Å². The zero-order chi connectivity index (χ0) is 14.7. The first-order valence-electron chi connectivity index (χ1n) is 6.11. The third kappa shape index (κ3) is 2.88. The Bertz CT molecular complexity index is 654. The fraction of sp³-hybridized carbons (Fsp3) is 0.200. The van der Waals surface area contributed by atoms with Gasteiger partial charge in [-0.3, -0.25) is 0 Å². The maximum atomic E-state index is 11.5. The van der Waals surface area contributed by atoms with Gasteiger partial charge in [0.05, 0.1) is 18.4 Å². The molecule has 2 N–H and O–H groups in total. The van der Waals surface area contributed by atoms with E-state index in [0.717, 1.165) is 5.56 Å². The van der Waals surface area contributed by atoms with E-state index in [1.54, 1.807) is 31.2 Å². The van der Waals surface area contributed by atoms with Crippen LogP contribution in [0.25, 0.3) is 0 Å². The second-order valence-corrected chi connectivity index (χ2v) is 4.40. The van der Waals surface area contributed by atoms with Crippen molar-refractivity contribution >= 4 is 11.7 Å². The highest BCUT2D eigenvalue weighted by Gasteiger charge is 2.12. The first-order valence-corrected chi connectivity index (χ1v) is 6.11. The van der Waals surface area contributed by atoms with Gasteiger partial charge in [0.25, 0.3) is 0 Å². The van der Waals surface area contributed by atoms with Crippen molar-refractivity contribution < 1.29 is 14.3 Å². The molecule has 0 unspecified atom stereocenters. The second kappa shape index (κ2) is 5.61. The lowest BCUT2D eigenvalue weighted by molar-refractivity contribution is 0.0599.